The fraction of sp³-hybridized carbons (Fsp3) is 0.417. The molecule has 1 fully saturated rings. The molecule has 1 heterocycles. The van der Waals surface area contributed by atoms with Gasteiger partial charge in [-0.1, -0.05) is 45.0 Å². The van der Waals surface area contributed by atoms with Crippen molar-refractivity contribution >= 4 is 11.8 Å². The topological polar surface area (TPSA) is 58.6 Å². The van der Waals surface area contributed by atoms with Crippen molar-refractivity contribution in [3.8, 4) is 5.75 Å². The van der Waals surface area contributed by atoms with E-state index in [1.807, 2.05) is 53.4 Å². The van der Waals surface area contributed by atoms with Crippen molar-refractivity contribution in [2.75, 3.05) is 20.2 Å². The number of hydrogen-bond acceptors (Lipinski definition) is 3. The third-order valence-corrected chi connectivity index (χ3v) is 5.49. The SMILES string of the molecule is COc1ccc([C@@H]2CCCN2C(=O)CNC(=O)c2ccc(C(C)(C)C)cc2)cc1. The normalized spacial score (nSPS) is 16.6. The summed E-state index contributed by atoms with van der Waals surface area (Å²) in [6.07, 6.45) is 1.89. The quantitative estimate of drug-likeness (QED) is 0.831. The Morgan fingerprint density at radius 2 is 1.72 bits per heavy atom. The first-order chi connectivity index (χ1) is 13.8. The molecule has 2 aromatic rings. The summed E-state index contributed by atoms with van der Waals surface area (Å²) < 4.78 is 5.21. The number of hydrogen-bond donors (Lipinski definition) is 1. The monoisotopic (exact) mass is 394 g/mol. The second-order valence-corrected chi connectivity index (χ2v) is 8.53. The Labute approximate surface area is 173 Å². The molecule has 2 amide bonds. The molecule has 0 bridgehead atoms. The van der Waals surface area contributed by atoms with Gasteiger partial charge < -0.3 is 15.0 Å². The maximum Gasteiger partial charge on any atom is 0.251 e. The van der Waals surface area contributed by atoms with E-state index in [9.17, 15) is 9.59 Å². The first-order valence-electron chi connectivity index (χ1n) is 10.1. The number of methoxy groups -OCH3 is 1. The van der Waals surface area contributed by atoms with E-state index >= 15 is 0 Å². The van der Waals surface area contributed by atoms with E-state index in [0.717, 1.165) is 24.2 Å². The van der Waals surface area contributed by atoms with Crippen LogP contribution in [0.25, 0.3) is 0 Å². The lowest BCUT2D eigenvalue weighted by Crippen LogP contribution is -2.39. The summed E-state index contributed by atoms with van der Waals surface area (Å²) in [5.74, 6) is 0.524. The highest BCUT2D eigenvalue weighted by atomic mass is 16.5. The minimum Gasteiger partial charge on any atom is -0.497 e. The Bertz CT molecular complexity index is 851. The van der Waals surface area contributed by atoms with Crippen molar-refractivity contribution < 1.29 is 14.3 Å². The molecule has 1 saturated heterocycles. The lowest BCUT2D eigenvalue weighted by atomic mass is 9.87. The van der Waals surface area contributed by atoms with E-state index in [4.69, 9.17) is 4.74 Å². The summed E-state index contributed by atoms with van der Waals surface area (Å²) in [4.78, 5) is 27.1. The smallest absolute Gasteiger partial charge is 0.251 e. The molecule has 3 rings (SSSR count). The van der Waals surface area contributed by atoms with Crippen molar-refractivity contribution in [2.24, 2.45) is 0 Å². The lowest BCUT2D eigenvalue weighted by molar-refractivity contribution is -0.131. The zero-order valence-electron chi connectivity index (χ0n) is 17.7. The zero-order chi connectivity index (χ0) is 21.0. The van der Waals surface area contributed by atoms with Crippen LogP contribution in [0.15, 0.2) is 48.5 Å². The van der Waals surface area contributed by atoms with E-state index in [2.05, 4.69) is 26.1 Å². The fourth-order valence-corrected chi connectivity index (χ4v) is 3.72. The molecule has 154 valence electrons. The van der Waals surface area contributed by atoms with Crippen LogP contribution in [0, 0.1) is 0 Å². The van der Waals surface area contributed by atoms with Gasteiger partial charge in [0, 0.05) is 12.1 Å². The van der Waals surface area contributed by atoms with Crippen LogP contribution in [-0.4, -0.2) is 36.9 Å². The third kappa shape index (κ3) is 4.97. The van der Waals surface area contributed by atoms with Gasteiger partial charge in [0.2, 0.25) is 5.91 Å². The third-order valence-electron chi connectivity index (χ3n) is 5.49. The first-order valence-corrected chi connectivity index (χ1v) is 10.1. The Kier molecular flexibility index (Phi) is 6.26. The molecule has 1 N–H and O–H groups in total. The molecular weight excluding hydrogens is 364 g/mol. The van der Waals surface area contributed by atoms with Gasteiger partial charge in [-0.2, -0.15) is 0 Å². The Morgan fingerprint density at radius 1 is 1.07 bits per heavy atom. The van der Waals surface area contributed by atoms with E-state index in [1.165, 1.54) is 5.56 Å². The van der Waals surface area contributed by atoms with Crippen LogP contribution in [0.4, 0.5) is 0 Å². The van der Waals surface area contributed by atoms with Gasteiger partial charge in [-0.3, -0.25) is 9.59 Å². The van der Waals surface area contributed by atoms with E-state index in [0.29, 0.717) is 12.1 Å². The molecule has 1 aliphatic rings. The van der Waals surface area contributed by atoms with Crippen LogP contribution in [-0.2, 0) is 10.2 Å². The number of rotatable bonds is 5. The van der Waals surface area contributed by atoms with Gasteiger partial charge in [0.25, 0.3) is 5.91 Å². The standard InChI is InChI=1S/C24H30N2O3/c1-24(2,3)19-11-7-18(8-12-19)23(28)25-16-22(27)26-15-5-6-21(26)17-9-13-20(29-4)14-10-17/h7-14,21H,5-6,15-16H2,1-4H3,(H,25,28)/t21-/m0/s1. The van der Waals surface area contributed by atoms with Crippen LogP contribution in [0.1, 0.15) is 61.1 Å². The molecule has 5 nitrogen and oxygen atoms in total. The van der Waals surface area contributed by atoms with Crippen molar-refractivity contribution in [1.29, 1.82) is 0 Å². The number of nitrogens with one attached hydrogen (secondary N) is 1. The van der Waals surface area contributed by atoms with Gasteiger partial charge in [0.05, 0.1) is 19.7 Å². The van der Waals surface area contributed by atoms with Crippen LogP contribution < -0.4 is 10.1 Å². The molecule has 2 aromatic carbocycles. The Balaban J connectivity index is 1.59. The summed E-state index contributed by atoms with van der Waals surface area (Å²) in [7, 11) is 1.64. The van der Waals surface area contributed by atoms with Gasteiger partial charge in [-0.25, -0.2) is 0 Å². The second-order valence-electron chi connectivity index (χ2n) is 8.53. The zero-order valence-corrected chi connectivity index (χ0v) is 17.7. The molecule has 0 radical (unpaired) electrons. The van der Waals surface area contributed by atoms with Crippen molar-refractivity contribution in [2.45, 2.75) is 45.1 Å². The maximum atomic E-state index is 12.8. The molecular formula is C24H30N2O3. The minimum atomic E-state index is -0.223. The van der Waals surface area contributed by atoms with Crippen LogP contribution in [0.5, 0.6) is 5.75 Å². The number of carbonyl (C=O) groups is 2. The van der Waals surface area contributed by atoms with Gasteiger partial charge >= 0.3 is 0 Å². The molecule has 0 saturated carbocycles. The van der Waals surface area contributed by atoms with E-state index in [-0.39, 0.29) is 29.8 Å². The van der Waals surface area contributed by atoms with Crippen molar-refractivity contribution in [1.82, 2.24) is 10.2 Å². The Hall–Kier alpha value is -2.82. The molecule has 0 aliphatic carbocycles. The van der Waals surface area contributed by atoms with E-state index in [1.54, 1.807) is 7.11 Å². The molecule has 0 unspecified atom stereocenters. The number of amides is 2. The van der Waals surface area contributed by atoms with Crippen LogP contribution in [0.2, 0.25) is 0 Å². The van der Waals surface area contributed by atoms with Gasteiger partial charge in [0.1, 0.15) is 5.75 Å². The minimum absolute atomic E-state index is 0.00646. The summed E-state index contributed by atoms with van der Waals surface area (Å²) in [5, 5.41) is 2.77. The molecule has 1 atom stereocenters. The number of carbonyl (C=O) groups excluding carboxylic acids is 2. The van der Waals surface area contributed by atoms with Crippen LogP contribution >= 0.6 is 0 Å². The number of benzene rings is 2. The highest BCUT2D eigenvalue weighted by Crippen LogP contribution is 2.32. The van der Waals surface area contributed by atoms with Gasteiger partial charge in [-0.05, 0) is 53.6 Å². The highest BCUT2D eigenvalue weighted by molar-refractivity contribution is 5.96. The first kappa shape index (κ1) is 20.9. The molecule has 1 aliphatic heterocycles. The average molecular weight is 395 g/mol. The number of ether oxygens (including phenoxy) is 1. The summed E-state index contributed by atoms with van der Waals surface area (Å²) in [5.41, 5.74) is 2.88. The summed E-state index contributed by atoms with van der Waals surface area (Å²) >= 11 is 0. The predicted octanol–water partition coefficient (Wildman–Crippen LogP) is 4.09. The fourth-order valence-electron chi connectivity index (χ4n) is 3.72. The average Bonchev–Trinajstić information content (AvgIpc) is 3.21. The molecule has 0 spiro atoms. The molecule has 5 heteroatoms. The Morgan fingerprint density at radius 3 is 2.31 bits per heavy atom. The molecule has 0 aromatic heterocycles. The maximum absolute atomic E-state index is 12.8. The van der Waals surface area contributed by atoms with Crippen LogP contribution in [0.3, 0.4) is 0 Å². The molecule has 29 heavy (non-hydrogen) atoms. The van der Waals surface area contributed by atoms with E-state index < -0.39 is 0 Å². The largest absolute Gasteiger partial charge is 0.497 e. The lowest BCUT2D eigenvalue weighted by Gasteiger charge is -2.25. The highest BCUT2D eigenvalue weighted by Gasteiger charge is 2.30. The predicted molar refractivity (Wildman–Crippen MR) is 114 cm³/mol. The van der Waals surface area contributed by atoms with Gasteiger partial charge in [0.15, 0.2) is 0 Å². The van der Waals surface area contributed by atoms with Crippen molar-refractivity contribution in [3.05, 3.63) is 65.2 Å². The number of likely N-dealkylation sites (tertiary alicyclic amines) is 1. The van der Waals surface area contributed by atoms with Crippen molar-refractivity contribution in [3.63, 3.8) is 0 Å². The second kappa shape index (κ2) is 8.68. The van der Waals surface area contributed by atoms with Gasteiger partial charge in [-0.15, -0.1) is 0 Å². The summed E-state index contributed by atoms with van der Waals surface area (Å²) in [6, 6.07) is 15.5. The summed E-state index contributed by atoms with van der Waals surface area (Å²) in [6.45, 7) is 7.13. The number of nitrogens with zero attached hydrogens (tertiary/aromatic N) is 1.